The third kappa shape index (κ3) is 3.36. The lowest BCUT2D eigenvalue weighted by Gasteiger charge is -2.22. The monoisotopic (exact) mass is 254 g/mol. The van der Waals surface area contributed by atoms with Gasteiger partial charge in [-0.1, -0.05) is 0 Å². The van der Waals surface area contributed by atoms with Crippen LogP contribution in [0.15, 0.2) is 0 Å². The molecule has 1 aliphatic rings. The van der Waals surface area contributed by atoms with E-state index in [-0.39, 0.29) is 5.95 Å². The van der Waals surface area contributed by atoms with E-state index in [9.17, 15) is 0 Å². The average Bonchev–Trinajstić information content (AvgIpc) is 2.29. The molecular weight excluding hydrogens is 236 g/mol. The van der Waals surface area contributed by atoms with Gasteiger partial charge >= 0.3 is 0 Å². The number of hydrogen-bond donors (Lipinski definition) is 2. The van der Waals surface area contributed by atoms with Crippen LogP contribution >= 0.6 is 11.8 Å². The summed E-state index contributed by atoms with van der Waals surface area (Å²) in [4.78, 5) is 14.3. The molecule has 1 atom stereocenters. The fourth-order valence-corrected chi connectivity index (χ4v) is 2.75. The van der Waals surface area contributed by atoms with Gasteiger partial charge in [0, 0.05) is 25.9 Å². The minimum absolute atomic E-state index is 0.259. The smallest absolute Gasteiger partial charge is 0.231 e. The number of rotatable bonds is 3. The molecule has 1 aromatic rings. The van der Waals surface area contributed by atoms with Crippen LogP contribution in [0.25, 0.3) is 0 Å². The van der Waals surface area contributed by atoms with Gasteiger partial charge in [-0.25, -0.2) is 0 Å². The van der Waals surface area contributed by atoms with Crippen LogP contribution in [0.3, 0.4) is 0 Å². The van der Waals surface area contributed by atoms with Gasteiger partial charge in [0.05, 0.1) is 0 Å². The highest BCUT2D eigenvalue weighted by Gasteiger charge is 2.15. The average molecular weight is 254 g/mol. The lowest BCUT2D eigenvalue weighted by atomic mass is 10.2. The van der Waals surface area contributed by atoms with Crippen LogP contribution in [-0.4, -0.2) is 46.6 Å². The molecule has 2 rings (SSSR count). The molecular formula is C10H18N6S. The maximum absolute atomic E-state index is 5.67. The summed E-state index contributed by atoms with van der Waals surface area (Å²) in [6.45, 7) is 0. The van der Waals surface area contributed by atoms with E-state index in [2.05, 4.69) is 20.3 Å². The van der Waals surface area contributed by atoms with Crippen molar-refractivity contribution in [3.8, 4) is 0 Å². The van der Waals surface area contributed by atoms with Gasteiger partial charge in [-0.2, -0.15) is 26.7 Å². The van der Waals surface area contributed by atoms with Gasteiger partial charge in [0.1, 0.15) is 0 Å². The van der Waals surface area contributed by atoms with Crippen LogP contribution in [0.2, 0.25) is 0 Å². The van der Waals surface area contributed by atoms with Crippen molar-refractivity contribution in [2.45, 2.75) is 18.9 Å². The summed E-state index contributed by atoms with van der Waals surface area (Å²) in [7, 11) is 3.77. The van der Waals surface area contributed by atoms with Crippen molar-refractivity contribution in [2.24, 2.45) is 0 Å². The second-order valence-electron chi connectivity index (χ2n) is 4.27. The Morgan fingerprint density at radius 2 is 2.18 bits per heavy atom. The van der Waals surface area contributed by atoms with Crippen LogP contribution in [0.1, 0.15) is 12.8 Å². The summed E-state index contributed by atoms with van der Waals surface area (Å²) < 4.78 is 0. The molecule has 1 unspecified atom stereocenters. The predicted molar refractivity (Wildman–Crippen MR) is 72.5 cm³/mol. The van der Waals surface area contributed by atoms with Crippen LogP contribution in [0, 0.1) is 0 Å². The van der Waals surface area contributed by atoms with Crippen molar-refractivity contribution in [3.05, 3.63) is 0 Å². The van der Waals surface area contributed by atoms with Crippen LogP contribution in [0.5, 0.6) is 0 Å². The summed E-state index contributed by atoms with van der Waals surface area (Å²) in [6, 6.07) is 0.436. The first-order chi connectivity index (χ1) is 8.15. The highest BCUT2D eigenvalue weighted by molar-refractivity contribution is 7.99. The molecule has 1 saturated heterocycles. The topological polar surface area (TPSA) is 80.0 Å². The number of anilines is 3. The number of nitrogen functional groups attached to an aromatic ring is 1. The van der Waals surface area contributed by atoms with E-state index in [1.165, 1.54) is 12.2 Å². The molecule has 6 nitrogen and oxygen atoms in total. The lowest BCUT2D eigenvalue weighted by Crippen LogP contribution is -2.27. The third-order valence-corrected chi connectivity index (χ3v) is 3.75. The number of nitrogens with two attached hydrogens (primary N) is 1. The predicted octanol–water partition coefficient (Wildman–Crippen LogP) is 0.827. The molecule has 3 N–H and O–H groups in total. The maximum Gasteiger partial charge on any atom is 0.231 e. The second kappa shape index (κ2) is 5.39. The molecule has 0 spiro atoms. The van der Waals surface area contributed by atoms with E-state index in [1.807, 2.05) is 30.8 Å². The first kappa shape index (κ1) is 12.2. The summed E-state index contributed by atoms with van der Waals surface area (Å²) >= 11 is 1.96. The number of aromatic nitrogens is 3. The fraction of sp³-hybridized carbons (Fsp3) is 0.700. The molecule has 7 heteroatoms. The van der Waals surface area contributed by atoms with Gasteiger partial charge in [-0.3, -0.25) is 0 Å². The Bertz CT molecular complexity index is 377. The molecule has 0 aromatic carbocycles. The van der Waals surface area contributed by atoms with Crippen molar-refractivity contribution < 1.29 is 0 Å². The van der Waals surface area contributed by atoms with Gasteiger partial charge in [0.2, 0.25) is 17.8 Å². The Morgan fingerprint density at radius 1 is 1.35 bits per heavy atom. The molecule has 1 fully saturated rings. The summed E-state index contributed by atoms with van der Waals surface area (Å²) in [6.07, 6.45) is 2.40. The molecule has 0 amide bonds. The number of nitrogens with one attached hydrogen (secondary N) is 1. The minimum atomic E-state index is 0.259. The van der Waals surface area contributed by atoms with Gasteiger partial charge < -0.3 is 16.0 Å². The fourth-order valence-electron chi connectivity index (χ4n) is 1.68. The zero-order chi connectivity index (χ0) is 12.3. The van der Waals surface area contributed by atoms with E-state index in [4.69, 9.17) is 5.73 Å². The highest BCUT2D eigenvalue weighted by Crippen LogP contribution is 2.20. The Morgan fingerprint density at radius 3 is 2.82 bits per heavy atom. The normalized spacial score (nSPS) is 20.0. The molecule has 0 bridgehead atoms. The molecule has 0 saturated carbocycles. The van der Waals surface area contributed by atoms with Crippen molar-refractivity contribution in [3.63, 3.8) is 0 Å². The highest BCUT2D eigenvalue weighted by atomic mass is 32.2. The van der Waals surface area contributed by atoms with Gasteiger partial charge in [-0.05, 0) is 18.6 Å². The number of nitrogens with zero attached hydrogens (tertiary/aromatic N) is 4. The number of thioether (sulfide) groups is 1. The first-order valence-corrected chi connectivity index (χ1v) is 6.84. The van der Waals surface area contributed by atoms with Crippen LogP contribution < -0.4 is 16.0 Å². The molecule has 94 valence electrons. The van der Waals surface area contributed by atoms with E-state index < -0.39 is 0 Å². The van der Waals surface area contributed by atoms with E-state index in [0.29, 0.717) is 17.9 Å². The van der Waals surface area contributed by atoms with Crippen LogP contribution in [-0.2, 0) is 0 Å². The summed E-state index contributed by atoms with van der Waals surface area (Å²) in [5, 5.41) is 3.33. The van der Waals surface area contributed by atoms with Gasteiger partial charge in [-0.15, -0.1) is 0 Å². The Labute approximate surface area is 105 Å². The van der Waals surface area contributed by atoms with Gasteiger partial charge in [0.15, 0.2) is 0 Å². The van der Waals surface area contributed by atoms with Crippen molar-refractivity contribution in [1.82, 2.24) is 15.0 Å². The summed E-state index contributed by atoms with van der Waals surface area (Å²) in [5.41, 5.74) is 5.67. The Balaban J connectivity index is 2.09. The van der Waals surface area contributed by atoms with E-state index >= 15 is 0 Å². The Hall–Kier alpha value is -1.24. The molecule has 1 aliphatic heterocycles. The summed E-state index contributed by atoms with van der Waals surface area (Å²) in [5.74, 6) is 3.77. The number of hydrogen-bond acceptors (Lipinski definition) is 7. The van der Waals surface area contributed by atoms with Crippen molar-refractivity contribution in [1.29, 1.82) is 0 Å². The zero-order valence-corrected chi connectivity index (χ0v) is 11.0. The van der Waals surface area contributed by atoms with Crippen molar-refractivity contribution >= 4 is 29.6 Å². The molecule has 2 heterocycles. The largest absolute Gasteiger partial charge is 0.368 e. The maximum atomic E-state index is 5.67. The van der Waals surface area contributed by atoms with E-state index in [1.54, 1.807) is 0 Å². The lowest BCUT2D eigenvalue weighted by molar-refractivity contribution is 0.678. The SMILES string of the molecule is CN(C)c1nc(N)nc(NC2CCCSC2)n1. The zero-order valence-electron chi connectivity index (χ0n) is 10.2. The van der Waals surface area contributed by atoms with Crippen molar-refractivity contribution in [2.75, 3.05) is 41.6 Å². The molecule has 17 heavy (non-hydrogen) atoms. The third-order valence-electron chi connectivity index (χ3n) is 2.53. The molecule has 1 aromatic heterocycles. The van der Waals surface area contributed by atoms with Gasteiger partial charge in [0.25, 0.3) is 0 Å². The molecule has 0 radical (unpaired) electrons. The standard InChI is InChI=1S/C10H18N6S/c1-16(2)10-14-8(11)13-9(15-10)12-7-4-3-5-17-6-7/h7H,3-6H2,1-2H3,(H3,11,12,13,14,15). The second-order valence-corrected chi connectivity index (χ2v) is 5.42. The first-order valence-electron chi connectivity index (χ1n) is 5.68. The quantitative estimate of drug-likeness (QED) is 0.826. The van der Waals surface area contributed by atoms with Crippen LogP contribution in [0.4, 0.5) is 17.8 Å². The molecule has 0 aliphatic carbocycles. The minimum Gasteiger partial charge on any atom is -0.368 e. The Kier molecular flexibility index (Phi) is 3.88. The van der Waals surface area contributed by atoms with E-state index in [0.717, 1.165) is 12.2 Å².